The second-order valence-corrected chi connectivity index (χ2v) is 29.3. The zero-order valence-corrected chi connectivity index (χ0v) is 64.9. The van der Waals surface area contributed by atoms with Gasteiger partial charge in [-0.25, -0.2) is 0 Å². The van der Waals surface area contributed by atoms with E-state index in [0.29, 0.717) is 26.2 Å². The Labute approximate surface area is 600 Å². The molecule has 7 heteroatoms. The van der Waals surface area contributed by atoms with Crippen LogP contribution in [0.25, 0.3) is 0 Å². The van der Waals surface area contributed by atoms with E-state index in [-0.39, 0.29) is 0 Å². The van der Waals surface area contributed by atoms with Gasteiger partial charge in [0, 0.05) is 52.4 Å². The first-order chi connectivity index (χ1) is 47.2. The smallest absolute Gasteiger partial charge is 0.0667 e. The van der Waals surface area contributed by atoms with Gasteiger partial charge in [0.05, 0.1) is 24.4 Å². The van der Waals surface area contributed by atoms with Gasteiger partial charge >= 0.3 is 0 Å². The van der Waals surface area contributed by atoms with E-state index in [1.54, 1.807) is 0 Å². The maximum absolute atomic E-state index is 11.5. The van der Waals surface area contributed by atoms with Crippen LogP contribution in [0.2, 0.25) is 0 Å². The van der Waals surface area contributed by atoms with E-state index in [9.17, 15) is 20.4 Å². The molecule has 0 aromatic carbocycles. The third-order valence-corrected chi connectivity index (χ3v) is 19.4. The van der Waals surface area contributed by atoms with Gasteiger partial charge in [-0.3, -0.25) is 9.80 Å². The molecule has 0 aromatic rings. The highest BCUT2D eigenvalue weighted by molar-refractivity contribution is 4.95. The first kappa shape index (κ1) is 93.6. The van der Waals surface area contributed by atoms with Crippen molar-refractivity contribution < 1.29 is 20.4 Å². The molecule has 0 amide bonds. The first-order valence-corrected chi connectivity index (χ1v) is 42.3. The van der Waals surface area contributed by atoms with Crippen molar-refractivity contribution in [2.45, 2.75) is 412 Å². The number of hydrogen-bond acceptors (Lipinski definition) is 7. The molecule has 0 saturated carbocycles. The number of aliphatic hydroxyl groups excluding tert-OH is 4. The van der Waals surface area contributed by atoms with Gasteiger partial charge in [0.1, 0.15) is 0 Å². The molecule has 0 heterocycles. The standard InChI is InChI=1S/C89H167N3O4/c1-6-10-14-18-22-26-30-34-38-42-46-50-54-58-62-66-70-74-86(93)82-91(83-87(94)75-71-67-63-59-55-51-47-43-39-35-31-27-23-19-15-11-7-2)80-78-90(5)79-81-92(84-88(95)76-72-68-64-60-56-52-48-44-40-36-32-28-24-20-16-12-8-3)85-89(96)77-73-69-65-61-57-53-49-45-41-37-33-29-25-21-17-13-9-4/h30-37,42-49,86-89,93-96H,6-29,38-41,50-85H2,1-5H3/b34-30-,35-31-,36-32-,37-33-,46-42-,47-43-,48-44-,49-45-. The summed E-state index contributed by atoms with van der Waals surface area (Å²) in [6.45, 7) is 14.8. The summed E-state index contributed by atoms with van der Waals surface area (Å²) in [5, 5.41) is 45.9. The molecular weight excluding hydrogens is 1170 g/mol. The number of likely N-dealkylation sites (N-methyl/N-ethyl adjacent to an activating group) is 1. The van der Waals surface area contributed by atoms with Crippen molar-refractivity contribution in [2.75, 3.05) is 59.4 Å². The number of allylic oxidation sites excluding steroid dienone is 16. The molecule has 0 aromatic heterocycles. The average molecular weight is 1340 g/mol. The van der Waals surface area contributed by atoms with E-state index in [1.807, 2.05) is 0 Å². The summed E-state index contributed by atoms with van der Waals surface area (Å²) in [5.41, 5.74) is 0. The lowest BCUT2D eigenvalue weighted by atomic mass is 10.0. The lowest BCUT2D eigenvalue weighted by molar-refractivity contribution is 0.0492. The molecule has 0 aliphatic rings. The van der Waals surface area contributed by atoms with Crippen molar-refractivity contribution in [3.8, 4) is 0 Å². The molecule has 0 rings (SSSR count). The number of aliphatic hydroxyl groups is 4. The van der Waals surface area contributed by atoms with Crippen LogP contribution >= 0.6 is 0 Å². The third kappa shape index (κ3) is 75.8. The normalized spacial score (nSPS) is 14.0. The second-order valence-electron chi connectivity index (χ2n) is 29.3. The monoisotopic (exact) mass is 1340 g/mol. The molecule has 4 N–H and O–H groups in total. The Morgan fingerprint density at radius 1 is 0.208 bits per heavy atom. The summed E-state index contributed by atoms with van der Waals surface area (Å²) < 4.78 is 0. The van der Waals surface area contributed by atoms with Crippen LogP contribution in [0.3, 0.4) is 0 Å². The van der Waals surface area contributed by atoms with Gasteiger partial charge in [0.15, 0.2) is 0 Å². The van der Waals surface area contributed by atoms with Crippen molar-refractivity contribution >= 4 is 0 Å². The highest BCUT2D eigenvalue weighted by Gasteiger charge is 2.19. The average Bonchev–Trinajstić information content (AvgIpc) is 2.08. The first-order valence-electron chi connectivity index (χ1n) is 42.3. The fourth-order valence-electron chi connectivity index (χ4n) is 13.0. The SMILES string of the molecule is CCCCCCC/C=C\C/C=C\CCCCCCCC(O)CN(CCN(C)CCN(CC(O)CCCCCCC/C=C\C/C=C\CCCCCCC)CC(O)CCCCCCC/C=C\C/C=C\CCCCCCC)CC(O)CCCCCCC/C=C\C/C=C\CCCCCCC. The summed E-state index contributed by atoms with van der Waals surface area (Å²) in [6, 6.07) is 0. The van der Waals surface area contributed by atoms with Gasteiger partial charge in [0.25, 0.3) is 0 Å². The van der Waals surface area contributed by atoms with Gasteiger partial charge < -0.3 is 25.3 Å². The van der Waals surface area contributed by atoms with Gasteiger partial charge in [0.2, 0.25) is 0 Å². The highest BCUT2D eigenvalue weighted by atomic mass is 16.3. The molecule has 0 radical (unpaired) electrons. The van der Waals surface area contributed by atoms with Crippen LogP contribution in [-0.2, 0) is 0 Å². The molecule has 0 saturated heterocycles. The van der Waals surface area contributed by atoms with E-state index in [4.69, 9.17) is 0 Å². The summed E-state index contributed by atoms with van der Waals surface area (Å²) in [7, 11) is 2.19. The maximum atomic E-state index is 11.5. The number of rotatable bonds is 78. The molecule has 4 unspecified atom stereocenters. The van der Waals surface area contributed by atoms with E-state index in [0.717, 1.165) is 155 Å². The zero-order chi connectivity index (χ0) is 69.6. The minimum atomic E-state index is -0.401. The van der Waals surface area contributed by atoms with E-state index >= 15 is 0 Å². The zero-order valence-electron chi connectivity index (χ0n) is 64.9. The quantitative estimate of drug-likeness (QED) is 0.0356. The van der Waals surface area contributed by atoms with Crippen LogP contribution in [0.15, 0.2) is 97.2 Å². The van der Waals surface area contributed by atoms with E-state index < -0.39 is 24.4 Å². The third-order valence-electron chi connectivity index (χ3n) is 19.4. The predicted molar refractivity (Wildman–Crippen MR) is 429 cm³/mol. The Morgan fingerprint density at radius 3 is 0.562 bits per heavy atom. The van der Waals surface area contributed by atoms with Crippen LogP contribution in [0.1, 0.15) is 387 Å². The van der Waals surface area contributed by atoms with Gasteiger partial charge in [-0.05, 0) is 161 Å². The molecular formula is C89H167N3O4. The number of nitrogens with zero attached hydrogens (tertiary/aromatic N) is 3. The van der Waals surface area contributed by atoms with Crippen molar-refractivity contribution in [1.82, 2.24) is 14.7 Å². The lowest BCUT2D eigenvalue weighted by Crippen LogP contribution is -2.44. The number of unbranched alkanes of at least 4 members (excludes halogenated alkanes) is 40. The van der Waals surface area contributed by atoms with Crippen molar-refractivity contribution in [3.63, 3.8) is 0 Å². The summed E-state index contributed by atoms with van der Waals surface area (Å²) in [4.78, 5) is 7.05. The van der Waals surface area contributed by atoms with Crippen molar-refractivity contribution in [3.05, 3.63) is 97.2 Å². The Morgan fingerprint density at radius 2 is 0.375 bits per heavy atom. The van der Waals surface area contributed by atoms with Crippen LogP contribution in [0, 0.1) is 0 Å². The Kier molecular flexibility index (Phi) is 78.0. The highest BCUT2D eigenvalue weighted by Crippen LogP contribution is 2.18. The summed E-state index contributed by atoms with van der Waals surface area (Å²) >= 11 is 0. The molecule has 562 valence electrons. The van der Waals surface area contributed by atoms with E-state index in [2.05, 4.69) is 147 Å². The van der Waals surface area contributed by atoms with Crippen LogP contribution in [0.4, 0.5) is 0 Å². The van der Waals surface area contributed by atoms with Gasteiger partial charge in [-0.1, -0.05) is 330 Å². The molecule has 0 aliphatic carbocycles. The minimum Gasteiger partial charge on any atom is -0.392 e. The molecule has 0 spiro atoms. The van der Waals surface area contributed by atoms with Crippen LogP contribution < -0.4 is 0 Å². The second kappa shape index (κ2) is 80.0. The Balaban J connectivity index is 5.38. The Hall–Kier alpha value is -2.36. The summed E-state index contributed by atoms with van der Waals surface area (Å²) in [6.07, 6.45) is 103. The molecule has 0 aliphatic heterocycles. The van der Waals surface area contributed by atoms with Gasteiger partial charge in [-0.2, -0.15) is 0 Å². The molecule has 0 fully saturated rings. The van der Waals surface area contributed by atoms with Crippen molar-refractivity contribution in [2.24, 2.45) is 0 Å². The molecule has 0 bridgehead atoms. The van der Waals surface area contributed by atoms with E-state index in [1.165, 1.54) is 231 Å². The lowest BCUT2D eigenvalue weighted by Gasteiger charge is -2.31. The fraction of sp³-hybridized carbons (Fsp3) is 0.820. The molecule has 4 atom stereocenters. The summed E-state index contributed by atoms with van der Waals surface area (Å²) in [5.74, 6) is 0. The maximum Gasteiger partial charge on any atom is 0.0667 e. The topological polar surface area (TPSA) is 90.6 Å². The molecule has 7 nitrogen and oxygen atoms in total. The largest absolute Gasteiger partial charge is 0.392 e. The van der Waals surface area contributed by atoms with Crippen LogP contribution in [0.5, 0.6) is 0 Å². The predicted octanol–water partition coefficient (Wildman–Crippen LogP) is 25.3. The van der Waals surface area contributed by atoms with Crippen molar-refractivity contribution in [1.29, 1.82) is 0 Å². The number of hydrogen-bond donors (Lipinski definition) is 4. The fourth-order valence-corrected chi connectivity index (χ4v) is 13.0. The van der Waals surface area contributed by atoms with Gasteiger partial charge in [-0.15, -0.1) is 0 Å². The molecule has 96 heavy (non-hydrogen) atoms. The Bertz CT molecular complexity index is 1510. The minimum absolute atomic E-state index is 0.401. The van der Waals surface area contributed by atoms with Crippen LogP contribution in [-0.4, -0.2) is 119 Å².